The zero-order valence-electron chi connectivity index (χ0n) is 21.6. The van der Waals surface area contributed by atoms with Gasteiger partial charge >= 0.3 is 0 Å². The minimum atomic E-state index is -3.13. The Bertz CT molecular complexity index is 1990. The van der Waals surface area contributed by atoms with Crippen molar-refractivity contribution in [3.05, 3.63) is 137 Å². The molecule has 0 radical (unpaired) electrons. The van der Waals surface area contributed by atoms with E-state index >= 15 is 0 Å². The Hall–Kier alpha value is -4.87. The van der Waals surface area contributed by atoms with Crippen LogP contribution in [0, 0.1) is 22.7 Å². The number of halogens is 1. The van der Waals surface area contributed by atoms with Crippen LogP contribution in [0.1, 0.15) is 11.1 Å². The van der Waals surface area contributed by atoms with Crippen LogP contribution >= 0.6 is 23.1 Å². The van der Waals surface area contributed by atoms with Crippen molar-refractivity contribution in [1.82, 2.24) is 9.97 Å². The minimum absolute atomic E-state index is 0.249. The van der Waals surface area contributed by atoms with E-state index in [0.29, 0.717) is 27.7 Å². The lowest BCUT2D eigenvalue weighted by molar-refractivity contribution is 0.592. The molecule has 0 spiro atoms. The third kappa shape index (κ3) is 4.85. The van der Waals surface area contributed by atoms with Crippen LogP contribution in [0.15, 0.2) is 126 Å². The highest BCUT2D eigenvalue weighted by Crippen LogP contribution is 2.43. The van der Waals surface area contributed by atoms with Crippen LogP contribution in [-0.2, 0) is 4.57 Å². The van der Waals surface area contributed by atoms with E-state index in [9.17, 15) is 15.1 Å². The van der Waals surface area contributed by atoms with Crippen LogP contribution in [0.2, 0.25) is 0 Å². The maximum atomic E-state index is 14.8. The Kier molecular flexibility index (Phi) is 7.04. The van der Waals surface area contributed by atoms with Gasteiger partial charge in [-0.1, -0.05) is 113 Å². The molecule has 0 bridgehead atoms. The lowest BCUT2D eigenvalue weighted by Gasteiger charge is -2.20. The summed E-state index contributed by atoms with van der Waals surface area (Å²) >= 11 is 3.49. The van der Waals surface area contributed by atoms with Gasteiger partial charge < -0.3 is 4.57 Å². The summed E-state index contributed by atoms with van der Waals surface area (Å²) in [5.41, 5.74) is 4.44. The zero-order chi connectivity index (χ0) is 28.4. The third-order valence-electron chi connectivity index (χ3n) is 6.91. The lowest BCUT2D eigenvalue weighted by Crippen LogP contribution is -2.24. The van der Waals surface area contributed by atoms with Gasteiger partial charge in [-0.05, 0) is 24.3 Å². The molecular weight excluding hydrogens is 591 g/mol. The van der Waals surface area contributed by atoms with Gasteiger partial charge in [0, 0.05) is 31.5 Å². The number of fused-ring (bicyclic) bond motifs is 1. The third-order valence-corrected chi connectivity index (χ3v) is 10.5. The molecule has 194 valence electrons. The molecule has 1 aromatic heterocycles. The Labute approximate surface area is 245 Å². The Balaban J connectivity index is 1.54. The van der Waals surface area contributed by atoms with Crippen molar-refractivity contribution in [1.29, 1.82) is 10.5 Å². The smallest absolute Gasteiger partial charge is 0.171 e. The Morgan fingerprint density at radius 3 is 1.37 bits per heavy atom. The maximum absolute atomic E-state index is 14.8. The summed E-state index contributed by atoms with van der Waals surface area (Å²) in [5, 5.41) is 21.3. The summed E-state index contributed by atoms with van der Waals surface area (Å²) in [5.74, 6) is 0. The molecule has 5 aromatic carbocycles. The first-order chi connectivity index (χ1) is 20.0. The average molecular weight is 611 g/mol. The van der Waals surface area contributed by atoms with Crippen molar-refractivity contribution in [3.63, 3.8) is 0 Å². The molecule has 0 saturated heterocycles. The SMILES string of the molecule is N#Cc1cc2nc(-c3ccc(Br)cc3)c(-c3ccc(P(=O)(c4ccccc4)c4ccccc4)cc3)nc2cc1C#N. The van der Waals surface area contributed by atoms with E-state index in [1.165, 1.54) is 0 Å². The minimum Gasteiger partial charge on any atom is -0.309 e. The van der Waals surface area contributed by atoms with Crippen molar-refractivity contribution >= 4 is 50.0 Å². The van der Waals surface area contributed by atoms with Crippen molar-refractivity contribution in [2.24, 2.45) is 0 Å². The fourth-order valence-electron chi connectivity index (χ4n) is 4.85. The lowest BCUT2D eigenvalue weighted by atomic mass is 10.0. The van der Waals surface area contributed by atoms with Gasteiger partial charge in [0.05, 0.1) is 33.5 Å². The summed E-state index contributed by atoms with van der Waals surface area (Å²) < 4.78 is 15.7. The Morgan fingerprint density at radius 2 is 0.951 bits per heavy atom. The highest BCUT2D eigenvalue weighted by Gasteiger charge is 2.29. The van der Waals surface area contributed by atoms with Gasteiger partial charge in [0.25, 0.3) is 0 Å². The summed E-state index contributed by atoms with van der Waals surface area (Å²) in [6.45, 7) is 0. The first-order valence-electron chi connectivity index (χ1n) is 12.8. The van der Waals surface area contributed by atoms with E-state index in [0.717, 1.165) is 26.2 Å². The second-order valence-corrected chi connectivity index (χ2v) is 13.0. The van der Waals surface area contributed by atoms with Crippen molar-refractivity contribution in [2.75, 3.05) is 0 Å². The first-order valence-corrected chi connectivity index (χ1v) is 15.3. The predicted octanol–water partition coefficient (Wildman–Crippen LogP) is 7.11. The normalized spacial score (nSPS) is 11.1. The van der Waals surface area contributed by atoms with Gasteiger partial charge in [0.15, 0.2) is 7.14 Å². The van der Waals surface area contributed by atoms with Crippen LogP contribution in [-0.4, -0.2) is 9.97 Å². The van der Waals surface area contributed by atoms with E-state index in [-0.39, 0.29) is 11.1 Å². The molecule has 0 aliphatic heterocycles. The molecule has 0 aliphatic carbocycles. The van der Waals surface area contributed by atoms with Gasteiger partial charge in [-0.3, -0.25) is 0 Å². The molecule has 0 aliphatic rings. The van der Waals surface area contributed by atoms with Gasteiger partial charge in [0.1, 0.15) is 12.1 Å². The van der Waals surface area contributed by atoms with Crippen LogP contribution in [0.25, 0.3) is 33.5 Å². The van der Waals surface area contributed by atoms with Crippen molar-refractivity contribution in [2.45, 2.75) is 0 Å². The predicted molar refractivity (Wildman–Crippen MR) is 167 cm³/mol. The highest BCUT2D eigenvalue weighted by atomic mass is 79.9. The summed E-state index contributed by atoms with van der Waals surface area (Å²) in [7, 11) is -3.13. The maximum Gasteiger partial charge on any atom is 0.171 e. The van der Waals surface area contributed by atoms with Crippen LogP contribution in [0.5, 0.6) is 0 Å². The zero-order valence-corrected chi connectivity index (χ0v) is 24.0. The summed E-state index contributed by atoms with van der Waals surface area (Å²) in [6, 6.07) is 41.8. The van der Waals surface area contributed by atoms with Crippen LogP contribution < -0.4 is 15.9 Å². The van der Waals surface area contributed by atoms with Gasteiger partial charge in [-0.25, -0.2) is 9.97 Å². The molecule has 1 heterocycles. The summed E-state index contributed by atoms with van der Waals surface area (Å²) in [6.07, 6.45) is 0. The largest absolute Gasteiger partial charge is 0.309 e. The standard InChI is InChI=1S/C34H20BrN4OP/c35-27-15-11-23(12-16-27)33-34(39-32-20-26(22-37)25(21-36)19-31(32)38-33)24-13-17-30(18-14-24)41(40,28-7-3-1-4-8-28)29-9-5-2-6-10-29/h1-20H. The van der Waals surface area contributed by atoms with E-state index in [4.69, 9.17) is 9.97 Å². The fourth-order valence-corrected chi connectivity index (χ4v) is 7.76. The highest BCUT2D eigenvalue weighted by molar-refractivity contribution is 9.10. The molecule has 0 saturated carbocycles. The number of benzene rings is 5. The molecule has 0 fully saturated rings. The van der Waals surface area contributed by atoms with Gasteiger partial charge in [-0.2, -0.15) is 10.5 Å². The number of hydrogen-bond donors (Lipinski definition) is 0. The fraction of sp³-hybridized carbons (Fsp3) is 0. The van der Waals surface area contributed by atoms with Crippen molar-refractivity contribution < 1.29 is 4.57 Å². The number of nitriles is 2. The first kappa shape index (κ1) is 26.4. The molecule has 5 nitrogen and oxygen atoms in total. The molecular formula is C34H20BrN4OP. The van der Waals surface area contributed by atoms with Crippen molar-refractivity contribution in [3.8, 4) is 34.7 Å². The van der Waals surface area contributed by atoms with Gasteiger partial charge in [-0.15, -0.1) is 0 Å². The number of aromatic nitrogens is 2. The molecule has 0 N–H and O–H groups in total. The molecule has 6 aromatic rings. The van der Waals surface area contributed by atoms with Crippen LogP contribution in [0.4, 0.5) is 0 Å². The molecule has 0 atom stereocenters. The molecule has 0 unspecified atom stereocenters. The van der Waals surface area contributed by atoms with E-state index in [2.05, 4.69) is 28.1 Å². The topological polar surface area (TPSA) is 90.4 Å². The van der Waals surface area contributed by atoms with E-state index in [1.54, 1.807) is 12.1 Å². The second-order valence-electron chi connectivity index (χ2n) is 9.37. The number of nitrogens with zero attached hydrogens (tertiary/aromatic N) is 4. The van der Waals surface area contributed by atoms with E-state index < -0.39 is 7.14 Å². The second kappa shape index (κ2) is 11.0. The molecule has 7 heteroatoms. The Morgan fingerprint density at radius 1 is 0.561 bits per heavy atom. The molecule has 6 rings (SSSR count). The average Bonchev–Trinajstić information content (AvgIpc) is 3.04. The molecule has 0 amide bonds. The van der Waals surface area contributed by atoms with Crippen LogP contribution in [0.3, 0.4) is 0 Å². The summed E-state index contributed by atoms with van der Waals surface area (Å²) in [4.78, 5) is 9.84. The quantitative estimate of drug-likeness (QED) is 0.194. The number of rotatable bonds is 5. The number of hydrogen-bond acceptors (Lipinski definition) is 5. The van der Waals surface area contributed by atoms with E-state index in [1.807, 2.05) is 109 Å². The monoisotopic (exact) mass is 610 g/mol. The molecule has 41 heavy (non-hydrogen) atoms. The van der Waals surface area contributed by atoms with Gasteiger partial charge in [0.2, 0.25) is 0 Å².